The number of rotatable bonds is 3. The molecule has 0 saturated carbocycles. The average molecular weight is 114 g/mol. The van der Waals surface area contributed by atoms with E-state index in [4.69, 9.17) is 11.5 Å². The van der Waals surface area contributed by atoms with E-state index >= 15 is 0 Å². The molecule has 0 fully saturated rings. The van der Waals surface area contributed by atoms with E-state index in [1.165, 1.54) is 6.08 Å². The van der Waals surface area contributed by atoms with Crippen molar-refractivity contribution in [2.24, 2.45) is 11.5 Å². The molecule has 0 aliphatic carbocycles. The van der Waals surface area contributed by atoms with E-state index < -0.39 is 0 Å². The lowest BCUT2D eigenvalue weighted by molar-refractivity contribution is 0.566. The Kier molecular flexibility index (Phi) is 4.17. The van der Waals surface area contributed by atoms with Crippen molar-refractivity contribution in [2.75, 3.05) is 6.54 Å². The lowest BCUT2D eigenvalue weighted by atomic mass is 10.2. The van der Waals surface area contributed by atoms with Crippen molar-refractivity contribution in [3.63, 3.8) is 0 Å². The summed E-state index contributed by atoms with van der Waals surface area (Å²) in [6, 6.07) is -0.211. The molecule has 0 rings (SSSR count). The maximum Gasteiger partial charge on any atom is 0.121 e. The monoisotopic (exact) mass is 114 g/mol. The second kappa shape index (κ2) is 4.53. The van der Waals surface area contributed by atoms with Gasteiger partial charge < -0.3 is 11.5 Å². The summed E-state index contributed by atoms with van der Waals surface area (Å²) >= 11 is 0. The van der Waals surface area contributed by atoms with Gasteiger partial charge >= 0.3 is 0 Å². The van der Waals surface area contributed by atoms with Crippen LogP contribution in [-0.2, 0) is 4.79 Å². The van der Waals surface area contributed by atoms with Gasteiger partial charge in [0.1, 0.15) is 5.94 Å². The summed E-state index contributed by atoms with van der Waals surface area (Å²) in [4.78, 5) is 9.59. The van der Waals surface area contributed by atoms with Gasteiger partial charge in [0.2, 0.25) is 0 Å². The van der Waals surface area contributed by atoms with Crippen LogP contribution in [0.5, 0.6) is 0 Å². The Labute approximate surface area is 48.4 Å². The molecule has 0 amide bonds. The summed E-state index contributed by atoms with van der Waals surface area (Å²) in [6.07, 6.45) is 1.92. The Morgan fingerprint density at radius 3 is 2.75 bits per heavy atom. The van der Waals surface area contributed by atoms with Crippen LogP contribution in [0.2, 0.25) is 0 Å². The van der Waals surface area contributed by atoms with Crippen molar-refractivity contribution in [2.45, 2.75) is 12.5 Å². The van der Waals surface area contributed by atoms with Crippen LogP contribution in [0.25, 0.3) is 0 Å². The van der Waals surface area contributed by atoms with Crippen LogP contribution in [0.15, 0.2) is 6.08 Å². The molecule has 0 aromatic heterocycles. The highest BCUT2D eigenvalue weighted by molar-refractivity contribution is 5.46. The molecule has 46 valence electrons. The fourth-order valence-electron chi connectivity index (χ4n) is 0.363. The fourth-order valence-corrected chi connectivity index (χ4v) is 0.363. The molecule has 0 radical (unpaired) electrons. The summed E-state index contributed by atoms with van der Waals surface area (Å²) < 4.78 is 0. The number of hydrogen-bond acceptors (Lipinski definition) is 3. The molecule has 0 aromatic carbocycles. The Bertz CT molecular complexity index is 96.6. The van der Waals surface area contributed by atoms with Gasteiger partial charge in [0.05, 0.1) is 0 Å². The third kappa shape index (κ3) is 3.56. The highest BCUT2D eigenvalue weighted by atomic mass is 16.1. The first kappa shape index (κ1) is 7.37. The predicted octanol–water partition coefficient (Wildman–Crippen LogP) is -0.950. The molecule has 8 heavy (non-hydrogen) atoms. The van der Waals surface area contributed by atoms with Crippen molar-refractivity contribution in [1.29, 1.82) is 0 Å². The molecule has 3 heteroatoms. The van der Waals surface area contributed by atoms with Gasteiger partial charge in [0.25, 0.3) is 0 Å². The summed E-state index contributed by atoms with van der Waals surface area (Å²) in [5.74, 6) is 1.60. The first-order valence-electron chi connectivity index (χ1n) is 2.48. The largest absolute Gasteiger partial charge is 0.330 e. The molecule has 3 nitrogen and oxygen atoms in total. The van der Waals surface area contributed by atoms with E-state index in [0.29, 0.717) is 13.0 Å². The van der Waals surface area contributed by atoms with Crippen LogP contribution >= 0.6 is 0 Å². The molecule has 0 aliphatic heterocycles. The summed E-state index contributed by atoms with van der Waals surface area (Å²) in [5, 5.41) is 0. The number of carbonyl (C=O) groups excluding carboxylic acids is 1. The molecular weight excluding hydrogens is 104 g/mol. The highest BCUT2D eigenvalue weighted by Gasteiger charge is 1.92. The Morgan fingerprint density at radius 1 is 1.75 bits per heavy atom. The number of nitrogens with two attached hydrogens (primary N) is 2. The second-order valence-electron chi connectivity index (χ2n) is 1.53. The van der Waals surface area contributed by atoms with Gasteiger partial charge in [-0.2, -0.15) is 0 Å². The lowest BCUT2D eigenvalue weighted by Crippen LogP contribution is -2.20. The Balaban J connectivity index is 3.31. The molecule has 4 N–H and O–H groups in total. The predicted molar refractivity (Wildman–Crippen MR) is 31.9 cm³/mol. The van der Waals surface area contributed by atoms with Crippen molar-refractivity contribution in [3.05, 3.63) is 6.08 Å². The smallest absolute Gasteiger partial charge is 0.121 e. The van der Waals surface area contributed by atoms with Crippen molar-refractivity contribution >= 4 is 5.94 Å². The molecule has 0 aromatic rings. The number of hydrogen-bond donors (Lipinski definition) is 2. The fraction of sp³-hybridized carbons (Fsp3) is 0.600. The molecule has 1 atom stereocenters. The molecule has 1 unspecified atom stereocenters. The lowest BCUT2D eigenvalue weighted by Gasteiger charge is -1.97. The summed E-state index contributed by atoms with van der Waals surface area (Å²) in [6.45, 7) is 0.513. The minimum atomic E-state index is -0.211. The second-order valence-corrected chi connectivity index (χ2v) is 1.53. The molecule has 0 aliphatic rings. The van der Waals surface area contributed by atoms with E-state index in [-0.39, 0.29) is 6.04 Å². The van der Waals surface area contributed by atoms with Gasteiger partial charge in [-0.05, 0) is 13.0 Å². The molecule has 0 heterocycles. The van der Waals surface area contributed by atoms with Crippen LogP contribution in [-0.4, -0.2) is 18.5 Å². The van der Waals surface area contributed by atoms with E-state index in [1.54, 1.807) is 5.94 Å². The normalized spacial score (nSPS) is 12.2. The van der Waals surface area contributed by atoms with Crippen LogP contribution in [0, 0.1) is 0 Å². The summed E-state index contributed by atoms with van der Waals surface area (Å²) in [5.41, 5.74) is 10.4. The van der Waals surface area contributed by atoms with E-state index in [0.717, 1.165) is 0 Å². The van der Waals surface area contributed by atoms with Crippen molar-refractivity contribution < 1.29 is 4.79 Å². The van der Waals surface area contributed by atoms with Crippen LogP contribution in [0.3, 0.4) is 0 Å². The minimum absolute atomic E-state index is 0.211. The Hall–Kier alpha value is -0.630. The molecular formula is C5H10N2O. The van der Waals surface area contributed by atoms with Crippen LogP contribution < -0.4 is 11.5 Å². The first-order chi connectivity index (χ1) is 3.81. The zero-order chi connectivity index (χ0) is 6.41. The third-order valence-electron chi connectivity index (χ3n) is 0.782. The van der Waals surface area contributed by atoms with E-state index in [2.05, 4.69) is 0 Å². The van der Waals surface area contributed by atoms with Crippen molar-refractivity contribution in [3.8, 4) is 0 Å². The molecule has 0 bridgehead atoms. The third-order valence-corrected chi connectivity index (χ3v) is 0.782. The van der Waals surface area contributed by atoms with Crippen LogP contribution in [0.1, 0.15) is 6.42 Å². The van der Waals surface area contributed by atoms with Gasteiger partial charge in [0.15, 0.2) is 0 Å². The highest BCUT2D eigenvalue weighted by Crippen LogP contribution is 1.81. The maximum atomic E-state index is 9.59. The maximum absolute atomic E-state index is 9.59. The zero-order valence-corrected chi connectivity index (χ0v) is 4.63. The topological polar surface area (TPSA) is 69.1 Å². The van der Waals surface area contributed by atoms with Crippen LogP contribution in [0.4, 0.5) is 0 Å². The first-order valence-corrected chi connectivity index (χ1v) is 2.48. The van der Waals surface area contributed by atoms with Gasteiger partial charge in [0, 0.05) is 12.1 Å². The van der Waals surface area contributed by atoms with E-state index in [9.17, 15) is 4.79 Å². The standard InChI is InChI=1S/C5H10N2O/c6-3-1-5(7)2-4-8/h2,5H,1,3,6-7H2. The average Bonchev–Trinajstić information content (AvgIpc) is 1.68. The van der Waals surface area contributed by atoms with Gasteiger partial charge in [-0.15, -0.1) is 0 Å². The van der Waals surface area contributed by atoms with Gasteiger partial charge in [-0.1, -0.05) is 0 Å². The quantitative estimate of drug-likeness (QED) is 0.465. The Morgan fingerprint density at radius 2 is 2.38 bits per heavy atom. The molecule has 0 saturated heterocycles. The van der Waals surface area contributed by atoms with E-state index in [1.807, 2.05) is 0 Å². The summed E-state index contributed by atoms with van der Waals surface area (Å²) in [7, 11) is 0. The van der Waals surface area contributed by atoms with Crippen molar-refractivity contribution in [1.82, 2.24) is 0 Å². The van der Waals surface area contributed by atoms with Gasteiger partial charge in [-0.3, -0.25) is 0 Å². The minimum Gasteiger partial charge on any atom is -0.330 e. The molecule has 0 spiro atoms. The van der Waals surface area contributed by atoms with Gasteiger partial charge in [-0.25, -0.2) is 4.79 Å². The SMILES string of the molecule is NCCC(N)C=C=O. The zero-order valence-electron chi connectivity index (χ0n) is 4.63.